The van der Waals surface area contributed by atoms with Crippen LogP contribution >= 0.6 is 0 Å². The smallest absolute Gasteiger partial charge is 0.216 e. The average molecular weight is 127 g/mol. The Kier molecular flexibility index (Phi) is 3.76. The van der Waals surface area contributed by atoms with Crippen LogP contribution in [-0.2, 0) is 9.59 Å². The third-order valence-corrected chi connectivity index (χ3v) is 0.851. The fourth-order valence-electron chi connectivity index (χ4n) is 0.415. The van der Waals surface area contributed by atoms with Crippen LogP contribution < -0.4 is 5.32 Å². The zero-order chi connectivity index (χ0) is 7.28. The van der Waals surface area contributed by atoms with Gasteiger partial charge in [0, 0.05) is 19.9 Å². The van der Waals surface area contributed by atoms with E-state index >= 15 is 0 Å². The highest BCUT2D eigenvalue weighted by molar-refractivity contribution is 6.57. The molecule has 0 rings (SSSR count). The summed E-state index contributed by atoms with van der Waals surface area (Å²) in [5.74, 6) is -0.0868. The number of carbonyl (C=O) groups is 2. The van der Waals surface area contributed by atoms with Crippen LogP contribution in [0.3, 0.4) is 0 Å². The second-order valence-corrected chi connectivity index (χ2v) is 1.93. The van der Waals surface area contributed by atoms with Crippen molar-refractivity contribution in [1.82, 2.24) is 5.32 Å². The molecule has 4 heteroatoms. The first kappa shape index (κ1) is 8.20. The van der Waals surface area contributed by atoms with Crippen LogP contribution in [-0.4, -0.2) is 26.0 Å². The van der Waals surface area contributed by atoms with Crippen molar-refractivity contribution in [1.29, 1.82) is 0 Å². The summed E-state index contributed by atoms with van der Waals surface area (Å²) in [6.07, 6.45) is 0.430. The maximum Gasteiger partial charge on any atom is 0.216 e. The van der Waals surface area contributed by atoms with Crippen molar-refractivity contribution >= 4 is 19.4 Å². The summed E-state index contributed by atoms with van der Waals surface area (Å²) >= 11 is 0. The zero-order valence-corrected chi connectivity index (χ0v) is 5.73. The Bertz CT molecular complexity index is 110. The lowest BCUT2D eigenvalue weighted by Gasteiger charge is -1.96. The third-order valence-electron chi connectivity index (χ3n) is 0.851. The number of hydrogen-bond acceptors (Lipinski definition) is 2. The summed E-state index contributed by atoms with van der Waals surface area (Å²) in [5, 5.41) is 2.52. The molecule has 1 N–H and O–H groups in total. The molecule has 0 atom stereocenters. The summed E-state index contributed by atoms with van der Waals surface area (Å²) in [4.78, 5) is 20.5. The van der Waals surface area contributed by atoms with Crippen molar-refractivity contribution in [2.75, 3.05) is 6.54 Å². The van der Waals surface area contributed by atoms with E-state index in [-0.39, 0.29) is 11.6 Å². The molecule has 0 saturated carbocycles. The quantitative estimate of drug-likeness (QED) is 0.477. The molecular weight excluding hydrogens is 117 g/mol. The highest BCUT2D eigenvalue weighted by Gasteiger charge is 1.92. The van der Waals surface area contributed by atoms with Crippen LogP contribution in [0.15, 0.2) is 0 Å². The van der Waals surface area contributed by atoms with Gasteiger partial charge in [0.15, 0.2) is 7.85 Å². The minimum Gasteiger partial charge on any atom is -0.356 e. The Morgan fingerprint density at radius 2 is 2.11 bits per heavy atom. The van der Waals surface area contributed by atoms with Gasteiger partial charge in [-0.2, -0.15) is 0 Å². The summed E-state index contributed by atoms with van der Waals surface area (Å²) < 4.78 is 0. The second kappa shape index (κ2) is 4.12. The molecule has 0 heterocycles. The molecule has 0 radical (unpaired) electrons. The van der Waals surface area contributed by atoms with Crippen molar-refractivity contribution in [3.8, 4) is 0 Å². The molecule has 0 saturated heterocycles. The van der Waals surface area contributed by atoms with E-state index in [4.69, 9.17) is 0 Å². The number of nitrogens with one attached hydrogen (secondary N) is 1. The summed E-state index contributed by atoms with van der Waals surface area (Å²) in [7, 11) is 1.50. The van der Waals surface area contributed by atoms with Gasteiger partial charge < -0.3 is 10.1 Å². The van der Waals surface area contributed by atoms with E-state index in [1.165, 1.54) is 14.8 Å². The molecular formula is C5H10BNO2. The molecule has 0 aromatic rings. The molecule has 3 nitrogen and oxygen atoms in total. The van der Waals surface area contributed by atoms with Gasteiger partial charge >= 0.3 is 0 Å². The van der Waals surface area contributed by atoms with E-state index in [9.17, 15) is 9.59 Å². The van der Waals surface area contributed by atoms with Gasteiger partial charge in [-0.05, 0) is 0 Å². The van der Waals surface area contributed by atoms with Gasteiger partial charge in [0.25, 0.3) is 0 Å². The van der Waals surface area contributed by atoms with Crippen LogP contribution in [0.5, 0.6) is 0 Å². The fraction of sp³-hybridized carbons (Fsp3) is 0.600. The lowest BCUT2D eigenvalue weighted by molar-refractivity contribution is -0.119. The van der Waals surface area contributed by atoms with Crippen molar-refractivity contribution in [3.63, 3.8) is 0 Å². The Morgan fingerprint density at radius 3 is 2.44 bits per heavy atom. The monoisotopic (exact) mass is 127 g/mol. The van der Waals surface area contributed by atoms with Crippen LogP contribution in [0.25, 0.3) is 0 Å². The number of amides is 1. The van der Waals surface area contributed by atoms with Gasteiger partial charge in [-0.3, -0.25) is 4.79 Å². The van der Waals surface area contributed by atoms with Crippen molar-refractivity contribution in [2.24, 2.45) is 0 Å². The first-order valence-corrected chi connectivity index (χ1v) is 2.87. The fourth-order valence-corrected chi connectivity index (χ4v) is 0.415. The van der Waals surface area contributed by atoms with E-state index in [0.717, 1.165) is 0 Å². The van der Waals surface area contributed by atoms with Crippen LogP contribution in [0, 0.1) is 0 Å². The molecule has 0 fully saturated rings. The topological polar surface area (TPSA) is 46.2 Å². The minimum atomic E-state index is -0.0868. The Hall–Kier alpha value is -0.795. The Balaban J connectivity index is 3.10. The summed E-state index contributed by atoms with van der Waals surface area (Å²) in [6.45, 7) is 1.89. The first-order valence-electron chi connectivity index (χ1n) is 2.87. The predicted octanol–water partition coefficient (Wildman–Crippen LogP) is -1.33. The van der Waals surface area contributed by atoms with Crippen LogP contribution in [0.4, 0.5) is 0 Å². The van der Waals surface area contributed by atoms with E-state index in [0.29, 0.717) is 13.0 Å². The highest BCUT2D eigenvalue weighted by atomic mass is 16.1. The molecule has 0 spiro atoms. The van der Waals surface area contributed by atoms with Gasteiger partial charge in [0.2, 0.25) is 5.91 Å². The van der Waals surface area contributed by atoms with Crippen molar-refractivity contribution < 1.29 is 9.59 Å². The van der Waals surface area contributed by atoms with Gasteiger partial charge in [0.1, 0.15) is 0 Å². The largest absolute Gasteiger partial charge is 0.356 e. The normalized spacial score (nSPS) is 8.56. The second-order valence-electron chi connectivity index (χ2n) is 1.93. The number of hydrogen-bond donors (Lipinski definition) is 1. The molecule has 1 amide bonds. The molecule has 0 aliphatic carbocycles. The Labute approximate surface area is 55.2 Å². The molecule has 0 unspecified atom stereocenters. The highest BCUT2D eigenvalue weighted by Crippen LogP contribution is 1.73. The zero-order valence-electron chi connectivity index (χ0n) is 5.73. The van der Waals surface area contributed by atoms with Crippen LogP contribution in [0.1, 0.15) is 13.3 Å². The van der Waals surface area contributed by atoms with Gasteiger partial charge in [-0.25, -0.2) is 0 Å². The van der Waals surface area contributed by atoms with Crippen LogP contribution in [0.2, 0.25) is 0 Å². The lowest BCUT2D eigenvalue weighted by atomic mass is 10.00. The maximum absolute atomic E-state index is 10.3. The van der Waals surface area contributed by atoms with E-state index in [2.05, 4.69) is 5.32 Å². The molecule has 0 aromatic carbocycles. The molecule has 9 heavy (non-hydrogen) atoms. The number of rotatable bonds is 3. The van der Waals surface area contributed by atoms with E-state index in [1.807, 2.05) is 0 Å². The minimum absolute atomic E-state index is 0.0868. The molecule has 0 bridgehead atoms. The number of carbonyl (C=O) groups excluding carboxylic acids is 2. The standard InChI is InChI=1S/C5H10BNO2/c1-4(8)7-3-2-5(6)9/h2-3,6H2,1H3,(H,7,8). The molecule has 50 valence electrons. The van der Waals surface area contributed by atoms with Crippen molar-refractivity contribution in [3.05, 3.63) is 0 Å². The predicted molar refractivity (Wildman–Crippen MR) is 36.9 cm³/mol. The van der Waals surface area contributed by atoms with E-state index in [1.54, 1.807) is 0 Å². The Morgan fingerprint density at radius 1 is 1.56 bits per heavy atom. The lowest BCUT2D eigenvalue weighted by Crippen LogP contribution is -2.22. The maximum atomic E-state index is 10.3. The SMILES string of the molecule is BC(=O)CCNC(C)=O. The van der Waals surface area contributed by atoms with Gasteiger partial charge in [0.05, 0.1) is 5.68 Å². The van der Waals surface area contributed by atoms with Gasteiger partial charge in [-0.15, -0.1) is 0 Å². The van der Waals surface area contributed by atoms with E-state index < -0.39 is 0 Å². The summed E-state index contributed by atoms with van der Waals surface area (Å²) in [5.41, 5.74) is 0.101. The molecule has 0 aliphatic rings. The molecule has 0 aliphatic heterocycles. The third kappa shape index (κ3) is 7.20. The van der Waals surface area contributed by atoms with Gasteiger partial charge in [-0.1, -0.05) is 0 Å². The first-order chi connectivity index (χ1) is 4.13. The molecule has 0 aromatic heterocycles. The van der Waals surface area contributed by atoms with Crippen molar-refractivity contribution in [2.45, 2.75) is 13.3 Å². The summed E-state index contributed by atoms with van der Waals surface area (Å²) in [6, 6.07) is 0. The average Bonchev–Trinajstić information content (AvgIpc) is 1.63.